The molecule has 93 valence electrons. The summed E-state index contributed by atoms with van der Waals surface area (Å²) in [4.78, 5) is 15.5. The Hall–Kier alpha value is -2.11. The Morgan fingerprint density at radius 3 is 3.00 bits per heavy atom. The molecule has 6 heteroatoms. The summed E-state index contributed by atoms with van der Waals surface area (Å²) < 4.78 is 12.9. The van der Waals surface area contributed by atoms with Gasteiger partial charge in [-0.3, -0.25) is 9.78 Å². The van der Waals surface area contributed by atoms with E-state index in [-0.39, 0.29) is 7.12 Å². The second-order valence-electron chi connectivity index (χ2n) is 4.24. The molecule has 1 radical (unpaired) electrons. The number of hydrogen-bond donors (Lipinski definition) is 1. The van der Waals surface area contributed by atoms with E-state index < -0.39 is 11.7 Å². The zero-order chi connectivity index (χ0) is 12.5. The molecule has 3 rings (SSSR count). The molecule has 1 amide bonds. The fourth-order valence-electron chi connectivity index (χ4n) is 1.66. The summed E-state index contributed by atoms with van der Waals surface area (Å²) >= 11 is 0. The van der Waals surface area contributed by atoms with Gasteiger partial charge in [-0.15, -0.1) is 5.10 Å². The molecule has 18 heavy (non-hydrogen) atoms. The summed E-state index contributed by atoms with van der Waals surface area (Å²) in [5.74, 6) is -0.123. The molecule has 1 N–H and O–H groups in total. The lowest BCUT2D eigenvalue weighted by Crippen LogP contribution is -2.31. The summed E-state index contributed by atoms with van der Waals surface area (Å²) in [7, 11) is 0. The summed E-state index contributed by atoms with van der Waals surface area (Å²) in [5, 5.41) is 10.4. The van der Waals surface area contributed by atoms with Gasteiger partial charge in [0, 0.05) is 13.7 Å². The average Bonchev–Trinajstić information content (AvgIpc) is 3.11. The number of amides is 1. The van der Waals surface area contributed by atoms with Crippen molar-refractivity contribution in [2.75, 3.05) is 0 Å². The minimum absolute atomic E-state index is 0. The number of pyridine rings is 1. The Morgan fingerprint density at radius 1 is 1.44 bits per heavy atom. The first-order valence-electron chi connectivity index (χ1n) is 5.65. The van der Waals surface area contributed by atoms with Crippen molar-refractivity contribution in [3.8, 4) is 0 Å². The van der Waals surface area contributed by atoms with Crippen LogP contribution in [0.25, 0.3) is 0 Å². The van der Waals surface area contributed by atoms with Crippen LogP contribution in [0.15, 0.2) is 28.5 Å². The van der Waals surface area contributed by atoms with Crippen molar-refractivity contribution in [3.63, 3.8) is 0 Å². The van der Waals surface area contributed by atoms with Gasteiger partial charge in [-0.2, -0.15) is 5.10 Å². The summed E-state index contributed by atoms with van der Waals surface area (Å²) in [6.45, 7) is 0. The quantitative estimate of drug-likeness (QED) is 0.862. The number of nitrogens with zero attached hydrogens (tertiary/aromatic N) is 3. The molecule has 1 aliphatic heterocycles. The lowest BCUT2D eigenvalue weighted by Gasteiger charge is -2.03. The maximum Gasteiger partial charge on any atom is 0.275 e. The first-order valence-corrected chi connectivity index (χ1v) is 5.65. The van der Waals surface area contributed by atoms with E-state index in [9.17, 15) is 9.18 Å². The third-order valence-corrected chi connectivity index (χ3v) is 2.75. The molecule has 2 aliphatic rings. The van der Waals surface area contributed by atoms with Crippen molar-refractivity contribution in [3.05, 3.63) is 36.3 Å². The molecule has 1 aromatic heterocycles. The standard InChI is InChI=1S/C12H10FN4O.H2/c13-8-3-4-14-10(5-8)12(18)15-11-6-9(16-17-11)7-1-2-7;/h3-7H,1-2H2,(H,15,17,18);1H. The van der Waals surface area contributed by atoms with Crippen molar-refractivity contribution in [2.45, 2.75) is 12.8 Å². The van der Waals surface area contributed by atoms with Crippen LogP contribution in [0.5, 0.6) is 0 Å². The van der Waals surface area contributed by atoms with E-state index in [0.717, 1.165) is 24.6 Å². The lowest BCUT2D eigenvalue weighted by atomic mass is 10.2. The SMILES string of the molecule is O=C(NC1=NN=C(C2CC2)[CH]1)c1cc(F)ccn1.[HH]. The number of hydrogen-bond acceptors (Lipinski definition) is 4. The summed E-state index contributed by atoms with van der Waals surface area (Å²) in [6, 6.07) is 2.26. The number of amidine groups is 1. The number of rotatable bonds is 2. The van der Waals surface area contributed by atoms with Gasteiger partial charge < -0.3 is 5.32 Å². The molecule has 0 aromatic carbocycles. The number of carbonyl (C=O) groups excluding carboxylic acids is 1. The number of nitrogens with one attached hydrogen (secondary N) is 1. The Bertz CT molecular complexity index is 569. The summed E-state index contributed by atoms with van der Waals surface area (Å²) in [5.41, 5.74) is 0.920. The first kappa shape index (κ1) is 11.0. The van der Waals surface area contributed by atoms with Crippen LogP contribution >= 0.6 is 0 Å². The van der Waals surface area contributed by atoms with E-state index in [2.05, 4.69) is 20.5 Å². The van der Waals surface area contributed by atoms with E-state index in [1.807, 2.05) is 0 Å². The molecule has 2 heterocycles. The predicted octanol–water partition coefficient (Wildman–Crippen LogP) is 1.58. The van der Waals surface area contributed by atoms with Crippen LogP contribution in [0.4, 0.5) is 4.39 Å². The van der Waals surface area contributed by atoms with Gasteiger partial charge in [0.15, 0.2) is 0 Å². The van der Waals surface area contributed by atoms with Crippen molar-refractivity contribution in [1.29, 1.82) is 0 Å². The minimum Gasteiger partial charge on any atom is -0.307 e. The van der Waals surface area contributed by atoms with Crippen molar-refractivity contribution < 1.29 is 10.6 Å². The monoisotopic (exact) mass is 247 g/mol. The molecule has 5 nitrogen and oxygen atoms in total. The minimum atomic E-state index is -0.498. The van der Waals surface area contributed by atoms with Crippen molar-refractivity contribution >= 4 is 17.5 Å². The maximum absolute atomic E-state index is 12.9. The second kappa shape index (κ2) is 4.29. The van der Waals surface area contributed by atoms with E-state index in [1.165, 1.54) is 12.3 Å². The van der Waals surface area contributed by atoms with E-state index >= 15 is 0 Å². The van der Waals surface area contributed by atoms with Crippen LogP contribution < -0.4 is 5.32 Å². The van der Waals surface area contributed by atoms with Crippen molar-refractivity contribution in [2.24, 2.45) is 16.1 Å². The number of carbonyl (C=O) groups is 1. The van der Waals surface area contributed by atoms with Gasteiger partial charge in [-0.05, 0) is 24.8 Å². The van der Waals surface area contributed by atoms with Crippen LogP contribution in [0.1, 0.15) is 24.8 Å². The zero-order valence-corrected chi connectivity index (χ0v) is 9.43. The smallest absolute Gasteiger partial charge is 0.275 e. The van der Waals surface area contributed by atoms with Gasteiger partial charge in [0.05, 0.1) is 12.1 Å². The van der Waals surface area contributed by atoms with Crippen LogP contribution in [0.2, 0.25) is 0 Å². The zero-order valence-electron chi connectivity index (χ0n) is 9.43. The van der Waals surface area contributed by atoms with Crippen molar-refractivity contribution in [1.82, 2.24) is 10.3 Å². The number of aromatic nitrogens is 1. The average molecular weight is 247 g/mol. The van der Waals surface area contributed by atoms with Gasteiger partial charge in [-0.1, -0.05) is 0 Å². The molecular formula is C12H12FN4O. The molecule has 1 aromatic rings. The fourth-order valence-corrected chi connectivity index (χ4v) is 1.66. The molecule has 0 saturated heterocycles. The Balaban J connectivity index is 0.00000133. The molecule has 1 fully saturated rings. The highest BCUT2D eigenvalue weighted by molar-refractivity contribution is 6.22. The van der Waals surface area contributed by atoms with Gasteiger partial charge >= 0.3 is 0 Å². The normalized spacial score (nSPS) is 18.3. The van der Waals surface area contributed by atoms with Gasteiger partial charge in [-0.25, -0.2) is 4.39 Å². The molecule has 0 spiro atoms. The summed E-state index contributed by atoms with van der Waals surface area (Å²) in [6.07, 6.45) is 5.24. The third-order valence-electron chi connectivity index (χ3n) is 2.75. The van der Waals surface area contributed by atoms with Gasteiger partial charge in [0.25, 0.3) is 5.91 Å². The van der Waals surface area contributed by atoms with Crippen LogP contribution in [-0.4, -0.2) is 22.4 Å². The highest BCUT2D eigenvalue weighted by atomic mass is 19.1. The van der Waals surface area contributed by atoms with Crippen LogP contribution in [-0.2, 0) is 0 Å². The van der Waals surface area contributed by atoms with E-state index in [0.29, 0.717) is 11.8 Å². The topological polar surface area (TPSA) is 66.7 Å². The highest BCUT2D eigenvalue weighted by Gasteiger charge is 2.31. The molecule has 0 bridgehead atoms. The highest BCUT2D eigenvalue weighted by Crippen LogP contribution is 2.32. The molecule has 1 aliphatic carbocycles. The number of halogens is 1. The van der Waals surface area contributed by atoms with Gasteiger partial charge in [0.2, 0.25) is 0 Å². The van der Waals surface area contributed by atoms with Crippen LogP contribution in [0, 0.1) is 18.2 Å². The molecule has 0 atom stereocenters. The lowest BCUT2D eigenvalue weighted by molar-refractivity contribution is 0.0972. The maximum atomic E-state index is 12.9. The second-order valence-corrected chi connectivity index (χ2v) is 4.24. The Labute approximate surface area is 104 Å². The van der Waals surface area contributed by atoms with Crippen LogP contribution in [0.3, 0.4) is 0 Å². The molecule has 1 saturated carbocycles. The third kappa shape index (κ3) is 2.27. The Morgan fingerprint density at radius 2 is 2.28 bits per heavy atom. The molecule has 0 unspecified atom stereocenters. The van der Waals surface area contributed by atoms with E-state index in [4.69, 9.17) is 0 Å². The largest absolute Gasteiger partial charge is 0.307 e. The fraction of sp³-hybridized carbons (Fsp3) is 0.250. The van der Waals surface area contributed by atoms with Gasteiger partial charge in [0.1, 0.15) is 17.3 Å². The molecular weight excluding hydrogens is 235 g/mol. The Kier molecular flexibility index (Phi) is 2.62. The first-order chi connectivity index (χ1) is 8.72. The predicted molar refractivity (Wildman–Crippen MR) is 65.7 cm³/mol. The van der Waals surface area contributed by atoms with E-state index in [1.54, 1.807) is 6.42 Å².